The SMILES string of the molecule is O=C(O)C1CCN(c2ccc(-c3ccc(Cl)cc3)nn2)CC1. The smallest absolute Gasteiger partial charge is 0.306 e. The van der Waals surface area contributed by atoms with Crippen LogP contribution in [0.5, 0.6) is 0 Å². The highest BCUT2D eigenvalue weighted by Gasteiger charge is 2.25. The first-order valence-corrected chi connectivity index (χ1v) is 7.59. The Balaban J connectivity index is 1.70. The van der Waals surface area contributed by atoms with Crippen molar-refractivity contribution in [2.75, 3.05) is 18.0 Å². The summed E-state index contributed by atoms with van der Waals surface area (Å²) in [4.78, 5) is 13.0. The molecule has 0 bridgehead atoms. The van der Waals surface area contributed by atoms with E-state index in [0.29, 0.717) is 31.0 Å². The molecule has 0 spiro atoms. The van der Waals surface area contributed by atoms with Crippen LogP contribution in [0.4, 0.5) is 5.82 Å². The number of benzene rings is 1. The zero-order valence-corrected chi connectivity index (χ0v) is 12.7. The first kappa shape index (κ1) is 14.8. The van der Waals surface area contributed by atoms with Gasteiger partial charge in [0, 0.05) is 23.7 Å². The fourth-order valence-electron chi connectivity index (χ4n) is 2.62. The van der Waals surface area contributed by atoms with Crippen LogP contribution < -0.4 is 4.90 Å². The molecule has 2 aromatic rings. The van der Waals surface area contributed by atoms with Gasteiger partial charge in [-0.25, -0.2) is 0 Å². The van der Waals surface area contributed by atoms with Gasteiger partial charge in [0.15, 0.2) is 5.82 Å². The van der Waals surface area contributed by atoms with E-state index >= 15 is 0 Å². The van der Waals surface area contributed by atoms with Crippen LogP contribution in [0, 0.1) is 5.92 Å². The van der Waals surface area contributed by atoms with Gasteiger partial charge in [-0.05, 0) is 37.1 Å². The Kier molecular flexibility index (Phi) is 4.24. The Labute approximate surface area is 133 Å². The number of carboxylic acids is 1. The van der Waals surface area contributed by atoms with Crippen LogP contribution in [0.15, 0.2) is 36.4 Å². The maximum atomic E-state index is 11.0. The Morgan fingerprint density at radius 1 is 1.09 bits per heavy atom. The van der Waals surface area contributed by atoms with Gasteiger partial charge in [-0.15, -0.1) is 10.2 Å². The minimum atomic E-state index is -0.705. The summed E-state index contributed by atoms with van der Waals surface area (Å²) in [5, 5.41) is 18.2. The molecule has 1 N–H and O–H groups in total. The third kappa shape index (κ3) is 3.20. The van der Waals surface area contributed by atoms with Crippen molar-refractivity contribution in [3.63, 3.8) is 0 Å². The number of carboxylic acid groups (broad SMARTS) is 1. The second-order valence-corrected chi connectivity index (χ2v) is 5.82. The molecule has 1 fully saturated rings. The van der Waals surface area contributed by atoms with Gasteiger partial charge < -0.3 is 10.0 Å². The zero-order valence-electron chi connectivity index (χ0n) is 11.9. The summed E-state index contributed by atoms with van der Waals surface area (Å²) in [5.74, 6) is -0.150. The highest BCUT2D eigenvalue weighted by atomic mass is 35.5. The maximum absolute atomic E-state index is 11.0. The number of aromatic nitrogens is 2. The summed E-state index contributed by atoms with van der Waals surface area (Å²) in [7, 11) is 0. The minimum Gasteiger partial charge on any atom is -0.481 e. The number of rotatable bonds is 3. The number of carbonyl (C=O) groups is 1. The van der Waals surface area contributed by atoms with E-state index in [1.807, 2.05) is 36.4 Å². The van der Waals surface area contributed by atoms with Gasteiger partial charge >= 0.3 is 5.97 Å². The van der Waals surface area contributed by atoms with Crippen LogP contribution in [-0.2, 0) is 4.79 Å². The molecule has 1 saturated heterocycles. The molecule has 0 radical (unpaired) electrons. The topological polar surface area (TPSA) is 66.3 Å². The summed E-state index contributed by atoms with van der Waals surface area (Å²) < 4.78 is 0. The Hall–Kier alpha value is -2.14. The molecule has 0 atom stereocenters. The van der Waals surface area contributed by atoms with E-state index in [9.17, 15) is 4.79 Å². The number of aliphatic carboxylic acids is 1. The van der Waals surface area contributed by atoms with E-state index in [0.717, 1.165) is 17.1 Å². The fourth-order valence-corrected chi connectivity index (χ4v) is 2.75. The van der Waals surface area contributed by atoms with E-state index in [1.54, 1.807) is 0 Å². The van der Waals surface area contributed by atoms with Crippen molar-refractivity contribution in [3.8, 4) is 11.3 Å². The summed E-state index contributed by atoms with van der Waals surface area (Å²) in [6.07, 6.45) is 1.30. The van der Waals surface area contributed by atoms with Crippen molar-refractivity contribution in [1.29, 1.82) is 0 Å². The van der Waals surface area contributed by atoms with Gasteiger partial charge in [0.2, 0.25) is 0 Å². The number of piperidine rings is 1. The number of nitrogens with zero attached hydrogens (tertiary/aromatic N) is 3. The lowest BCUT2D eigenvalue weighted by Crippen LogP contribution is -2.36. The monoisotopic (exact) mass is 317 g/mol. The van der Waals surface area contributed by atoms with Crippen molar-refractivity contribution in [1.82, 2.24) is 10.2 Å². The molecule has 3 rings (SSSR count). The van der Waals surface area contributed by atoms with Crippen LogP contribution in [0.2, 0.25) is 5.02 Å². The molecular weight excluding hydrogens is 302 g/mol. The van der Waals surface area contributed by atoms with Gasteiger partial charge in [0.05, 0.1) is 11.6 Å². The normalized spacial score (nSPS) is 15.8. The number of anilines is 1. The first-order valence-electron chi connectivity index (χ1n) is 7.21. The molecule has 6 heteroatoms. The molecule has 114 valence electrons. The van der Waals surface area contributed by atoms with E-state index in [2.05, 4.69) is 15.1 Å². The zero-order chi connectivity index (χ0) is 15.5. The lowest BCUT2D eigenvalue weighted by Gasteiger charge is -2.30. The number of hydrogen-bond acceptors (Lipinski definition) is 4. The second kappa shape index (κ2) is 6.32. The lowest BCUT2D eigenvalue weighted by molar-refractivity contribution is -0.142. The second-order valence-electron chi connectivity index (χ2n) is 5.38. The number of hydrogen-bond donors (Lipinski definition) is 1. The maximum Gasteiger partial charge on any atom is 0.306 e. The van der Waals surface area contributed by atoms with Gasteiger partial charge in [0.25, 0.3) is 0 Å². The van der Waals surface area contributed by atoms with Crippen molar-refractivity contribution >= 4 is 23.4 Å². The molecule has 0 saturated carbocycles. The Bertz CT molecular complexity index is 650. The fraction of sp³-hybridized carbons (Fsp3) is 0.312. The van der Waals surface area contributed by atoms with E-state index in [4.69, 9.17) is 16.7 Å². The van der Waals surface area contributed by atoms with Crippen LogP contribution in [0.3, 0.4) is 0 Å². The highest BCUT2D eigenvalue weighted by Crippen LogP contribution is 2.24. The predicted molar refractivity (Wildman–Crippen MR) is 85.1 cm³/mol. The van der Waals surface area contributed by atoms with Crippen LogP contribution in [0.25, 0.3) is 11.3 Å². The van der Waals surface area contributed by atoms with Crippen molar-refractivity contribution < 1.29 is 9.90 Å². The molecule has 1 aliphatic rings. The van der Waals surface area contributed by atoms with E-state index in [1.165, 1.54) is 0 Å². The lowest BCUT2D eigenvalue weighted by atomic mass is 9.97. The van der Waals surface area contributed by atoms with Crippen molar-refractivity contribution in [2.45, 2.75) is 12.8 Å². The predicted octanol–water partition coefficient (Wildman–Crippen LogP) is 3.10. The van der Waals surface area contributed by atoms with Crippen LogP contribution in [-0.4, -0.2) is 34.4 Å². The summed E-state index contributed by atoms with van der Waals surface area (Å²) in [6.45, 7) is 1.40. The first-order chi connectivity index (χ1) is 10.6. The largest absolute Gasteiger partial charge is 0.481 e. The van der Waals surface area contributed by atoms with Crippen molar-refractivity contribution in [3.05, 3.63) is 41.4 Å². The average molecular weight is 318 g/mol. The molecule has 22 heavy (non-hydrogen) atoms. The Morgan fingerprint density at radius 2 is 1.77 bits per heavy atom. The molecule has 0 aliphatic carbocycles. The molecule has 0 amide bonds. The summed E-state index contributed by atoms with van der Waals surface area (Å²) >= 11 is 5.88. The quantitative estimate of drug-likeness (QED) is 0.942. The molecule has 1 aromatic heterocycles. The molecule has 0 unspecified atom stereocenters. The van der Waals surface area contributed by atoms with Gasteiger partial charge in [0.1, 0.15) is 0 Å². The van der Waals surface area contributed by atoms with Crippen LogP contribution >= 0.6 is 11.6 Å². The van der Waals surface area contributed by atoms with E-state index in [-0.39, 0.29) is 5.92 Å². The van der Waals surface area contributed by atoms with Crippen molar-refractivity contribution in [2.24, 2.45) is 5.92 Å². The van der Waals surface area contributed by atoms with Gasteiger partial charge in [-0.3, -0.25) is 4.79 Å². The minimum absolute atomic E-state index is 0.238. The highest BCUT2D eigenvalue weighted by molar-refractivity contribution is 6.30. The summed E-state index contributed by atoms with van der Waals surface area (Å²) in [6, 6.07) is 11.3. The van der Waals surface area contributed by atoms with E-state index < -0.39 is 5.97 Å². The molecule has 1 aromatic carbocycles. The number of halogens is 1. The van der Waals surface area contributed by atoms with Crippen LogP contribution in [0.1, 0.15) is 12.8 Å². The molecular formula is C16H16ClN3O2. The third-order valence-corrected chi connectivity index (χ3v) is 4.21. The Morgan fingerprint density at radius 3 is 2.32 bits per heavy atom. The standard InChI is InChI=1S/C16H16ClN3O2/c17-13-3-1-11(2-4-13)14-5-6-15(19-18-14)20-9-7-12(8-10-20)16(21)22/h1-6,12H,7-10H2,(H,21,22). The average Bonchev–Trinajstić information content (AvgIpc) is 2.56. The summed E-state index contributed by atoms with van der Waals surface area (Å²) in [5.41, 5.74) is 1.76. The third-order valence-electron chi connectivity index (χ3n) is 3.96. The molecule has 5 nitrogen and oxygen atoms in total. The molecule has 1 aliphatic heterocycles. The van der Waals surface area contributed by atoms with Gasteiger partial charge in [-0.1, -0.05) is 23.7 Å². The molecule has 2 heterocycles. The van der Waals surface area contributed by atoms with Gasteiger partial charge in [-0.2, -0.15) is 0 Å².